The first-order chi connectivity index (χ1) is 10.0. The minimum Gasteiger partial charge on any atom is -0.347 e. The third kappa shape index (κ3) is 3.56. The van der Waals surface area contributed by atoms with E-state index in [4.69, 9.17) is 0 Å². The van der Waals surface area contributed by atoms with Gasteiger partial charge in [0.25, 0.3) is 0 Å². The average Bonchev–Trinajstić information content (AvgIpc) is 2.94. The number of H-pyrrole nitrogens is 2. The molecule has 0 aromatic carbocycles. The summed E-state index contributed by atoms with van der Waals surface area (Å²) in [6, 6.07) is -0.149. The van der Waals surface area contributed by atoms with Gasteiger partial charge in [0.1, 0.15) is 5.82 Å². The van der Waals surface area contributed by atoms with E-state index < -0.39 is 5.69 Å². The molecule has 0 aliphatic heterocycles. The molecular weight excluding hydrogens is 270 g/mol. The fourth-order valence-corrected chi connectivity index (χ4v) is 2.25. The Morgan fingerprint density at radius 1 is 1.43 bits per heavy atom. The summed E-state index contributed by atoms with van der Waals surface area (Å²) < 4.78 is 0. The molecule has 0 aliphatic rings. The minimum absolute atomic E-state index is 0.127. The molecule has 1 unspecified atom stereocenters. The summed E-state index contributed by atoms with van der Waals surface area (Å²) in [6.45, 7) is 5.47. The summed E-state index contributed by atoms with van der Waals surface area (Å²) in [5, 5.41) is 2.93. The van der Waals surface area contributed by atoms with Gasteiger partial charge in [-0.15, -0.1) is 0 Å². The number of aryl methyl sites for hydroxylation is 2. The van der Waals surface area contributed by atoms with Crippen molar-refractivity contribution in [1.29, 1.82) is 0 Å². The zero-order valence-electron chi connectivity index (χ0n) is 12.4. The molecular formula is C14H19N5O2. The molecule has 0 fully saturated rings. The third-order valence-corrected chi connectivity index (χ3v) is 3.38. The molecule has 2 aromatic heterocycles. The number of amides is 1. The molecule has 2 heterocycles. The van der Waals surface area contributed by atoms with Crippen molar-refractivity contribution in [2.24, 2.45) is 0 Å². The van der Waals surface area contributed by atoms with Gasteiger partial charge >= 0.3 is 5.69 Å². The molecule has 0 aliphatic carbocycles. The van der Waals surface area contributed by atoms with Gasteiger partial charge in [-0.1, -0.05) is 6.92 Å². The highest BCUT2D eigenvalue weighted by atomic mass is 16.2. The highest BCUT2D eigenvalue weighted by Crippen LogP contribution is 2.13. The van der Waals surface area contributed by atoms with Gasteiger partial charge < -0.3 is 15.3 Å². The number of hydrogen-bond donors (Lipinski definition) is 3. The predicted octanol–water partition coefficient (Wildman–Crippen LogP) is 0.920. The fourth-order valence-electron chi connectivity index (χ4n) is 2.25. The van der Waals surface area contributed by atoms with Gasteiger partial charge in [0.05, 0.1) is 12.5 Å². The Bertz CT molecular complexity index is 649. The van der Waals surface area contributed by atoms with Crippen molar-refractivity contribution in [2.75, 3.05) is 0 Å². The second-order valence-corrected chi connectivity index (χ2v) is 4.91. The topological polar surface area (TPSA) is 104 Å². The Morgan fingerprint density at radius 2 is 2.19 bits per heavy atom. The van der Waals surface area contributed by atoms with Gasteiger partial charge in [-0.2, -0.15) is 4.98 Å². The Labute approximate surface area is 122 Å². The zero-order chi connectivity index (χ0) is 15.4. The van der Waals surface area contributed by atoms with E-state index >= 15 is 0 Å². The SMILES string of the molecule is CCC(NC(=O)Cc1c(C)nc(=O)[nH]c1C)c1ncc[nH]1. The Balaban J connectivity index is 2.10. The number of hydrogen-bond acceptors (Lipinski definition) is 4. The van der Waals surface area contributed by atoms with Crippen molar-refractivity contribution in [3.63, 3.8) is 0 Å². The van der Waals surface area contributed by atoms with Crippen LogP contribution in [0.2, 0.25) is 0 Å². The molecule has 1 amide bonds. The predicted molar refractivity (Wildman–Crippen MR) is 77.8 cm³/mol. The number of rotatable bonds is 5. The van der Waals surface area contributed by atoms with E-state index in [1.807, 2.05) is 6.92 Å². The van der Waals surface area contributed by atoms with E-state index in [0.29, 0.717) is 11.4 Å². The second kappa shape index (κ2) is 6.34. The van der Waals surface area contributed by atoms with Gasteiger partial charge in [0.2, 0.25) is 5.91 Å². The van der Waals surface area contributed by atoms with Gasteiger partial charge in [-0.05, 0) is 20.3 Å². The maximum atomic E-state index is 12.2. The van der Waals surface area contributed by atoms with Crippen LogP contribution in [-0.2, 0) is 11.2 Å². The number of aromatic nitrogens is 4. The van der Waals surface area contributed by atoms with Crippen LogP contribution < -0.4 is 11.0 Å². The first-order valence-electron chi connectivity index (χ1n) is 6.86. The lowest BCUT2D eigenvalue weighted by Crippen LogP contribution is -2.31. The van der Waals surface area contributed by atoms with E-state index in [0.717, 1.165) is 17.8 Å². The number of carbonyl (C=O) groups excluding carboxylic acids is 1. The molecule has 112 valence electrons. The van der Waals surface area contributed by atoms with Crippen LogP contribution in [-0.4, -0.2) is 25.8 Å². The van der Waals surface area contributed by atoms with Crippen molar-refractivity contribution < 1.29 is 4.79 Å². The summed E-state index contributed by atoms with van der Waals surface area (Å²) in [7, 11) is 0. The molecule has 0 spiro atoms. The van der Waals surface area contributed by atoms with Crippen molar-refractivity contribution >= 4 is 5.91 Å². The maximum absolute atomic E-state index is 12.2. The molecule has 3 N–H and O–H groups in total. The van der Waals surface area contributed by atoms with Crippen LogP contribution in [0.3, 0.4) is 0 Å². The second-order valence-electron chi connectivity index (χ2n) is 4.91. The molecule has 7 nitrogen and oxygen atoms in total. The van der Waals surface area contributed by atoms with E-state index in [1.165, 1.54) is 0 Å². The number of nitrogens with one attached hydrogen (secondary N) is 3. The van der Waals surface area contributed by atoms with Crippen molar-refractivity contribution in [3.05, 3.63) is 45.7 Å². The van der Waals surface area contributed by atoms with Gasteiger partial charge in [0, 0.05) is 29.3 Å². The van der Waals surface area contributed by atoms with E-state index in [-0.39, 0.29) is 18.4 Å². The van der Waals surface area contributed by atoms with Crippen LogP contribution in [0.1, 0.15) is 42.2 Å². The molecule has 2 rings (SSSR count). The summed E-state index contributed by atoms with van der Waals surface area (Å²) in [5.74, 6) is 0.609. The van der Waals surface area contributed by atoms with Crippen LogP contribution in [0.5, 0.6) is 0 Å². The quantitative estimate of drug-likeness (QED) is 0.761. The van der Waals surface area contributed by atoms with Gasteiger partial charge in [0.15, 0.2) is 0 Å². The van der Waals surface area contributed by atoms with Crippen LogP contribution in [0, 0.1) is 13.8 Å². The summed E-state index contributed by atoms with van der Waals surface area (Å²) >= 11 is 0. The van der Waals surface area contributed by atoms with E-state index in [9.17, 15) is 9.59 Å². The van der Waals surface area contributed by atoms with Gasteiger partial charge in [-0.3, -0.25) is 4.79 Å². The Hall–Kier alpha value is -2.44. The normalized spacial score (nSPS) is 12.1. The highest BCUT2D eigenvalue weighted by molar-refractivity contribution is 5.79. The first-order valence-corrected chi connectivity index (χ1v) is 6.86. The minimum atomic E-state index is -0.392. The fraction of sp³-hybridized carbons (Fsp3) is 0.429. The Kier molecular flexibility index (Phi) is 4.52. The third-order valence-electron chi connectivity index (χ3n) is 3.38. The highest BCUT2D eigenvalue weighted by Gasteiger charge is 2.17. The lowest BCUT2D eigenvalue weighted by molar-refractivity contribution is -0.121. The van der Waals surface area contributed by atoms with Crippen LogP contribution in [0.15, 0.2) is 17.2 Å². The molecule has 0 radical (unpaired) electrons. The molecule has 0 bridgehead atoms. The summed E-state index contributed by atoms with van der Waals surface area (Å²) in [6.07, 6.45) is 4.30. The number of nitrogens with zero attached hydrogens (tertiary/aromatic N) is 2. The lowest BCUT2D eigenvalue weighted by Gasteiger charge is -2.15. The smallest absolute Gasteiger partial charge is 0.345 e. The van der Waals surface area contributed by atoms with Crippen molar-refractivity contribution in [1.82, 2.24) is 25.3 Å². The van der Waals surface area contributed by atoms with Crippen LogP contribution >= 0.6 is 0 Å². The monoisotopic (exact) mass is 289 g/mol. The Morgan fingerprint density at radius 3 is 2.76 bits per heavy atom. The summed E-state index contributed by atoms with van der Waals surface area (Å²) in [4.78, 5) is 37.1. The van der Waals surface area contributed by atoms with E-state index in [2.05, 4.69) is 25.3 Å². The molecule has 1 atom stereocenters. The van der Waals surface area contributed by atoms with Crippen molar-refractivity contribution in [2.45, 2.75) is 39.7 Å². The number of carbonyl (C=O) groups is 1. The summed E-state index contributed by atoms with van der Waals surface area (Å²) in [5.41, 5.74) is 1.61. The molecule has 21 heavy (non-hydrogen) atoms. The molecule has 0 saturated heterocycles. The molecule has 2 aromatic rings. The average molecular weight is 289 g/mol. The van der Waals surface area contributed by atoms with E-state index in [1.54, 1.807) is 26.2 Å². The van der Waals surface area contributed by atoms with Crippen LogP contribution in [0.4, 0.5) is 0 Å². The standard InChI is InChI=1S/C14H19N5O2/c1-4-11(13-15-5-6-16-13)19-12(20)7-10-8(2)17-14(21)18-9(10)3/h5-6,11H,4,7H2,1-3H3,(H,15,16)(H,19,20)(H,17,18,21). The zero-order valence-corrected chi connectivity index (χ0v) is 12.4. The van der Waals surface area contributed by atoms with Gasteiger partial charge in [-0.25, -0.2) is 9.78 Å². The lowest BCUT2D eigenvalue weighted by atomic mass is 10.1. The van der Waals surface area contributed by atoms with Crippen molar-refractivity contribution in [3.8, 4) is 0 Å². The first kappa shape index (κ1) is 15.0. The molecule has 7 heteroatoms. The molecule has 0 saturated carbocycles. The number of aromatic amines is 2. The number of imidazole rings is 1. The largest absolute Gasteiger partial charge is 0.347 e. The van der Waals surface area contributed by atoms with Crippen LogP contribution in [0.25, 0.3) is 0 Å². The maximum Gasteiger partial charge on any atom is 0.345 e.